The molecule has 0 radical (unpaired) electrons. The first kappa shape index (κ1) is 20.1. The molecule has 0 N–H and O–H groups in total. The molecule has 0 bridgehead atoms. The lowest BCUT2D eigenvalue weighted by atomic mass is 9.87. The van der Waals surface area contributed by atoms with Crippen molar-refractivity contribution in [1.29, 1.82) is 0 Å². The van der Waals surface area contributed by atoms with Crippen LogP contribution in [0.4, 0.5) is 4.39 Å². The van der Waals surface area contributed by atoms with Gasteiger partial charge in [0.2, 0.25) is 0 Å². The lowest BCUT2D eigenvalue weighted by molar-refractivity contribution is 0.104. The van der Waals surface area contributed by atoms with E-state index in [1.807, 2.05) is 6.07 Å². The molecule has 1 aliphatic rings. The number of allylic oxidation sites excluding steroid dienone is 1. The molecule has 0 saturated carbocycles. The van der Waals surface area contributed by atoms with Gasteiger partial charge in [0, 0.05) is 6.07 Å². The Morgan fingerprint density at radius 2 is 1.71 bits per heavy atom. The number of carbonyl (C=O) groups is 1. The topological polar surface area (TPSA) is 38.8 Å². The summed E-state index contributed by atoms with van der Waals surface area (Å²) < 4.78 is 24.1. The molecule has 4 nitrogen and oxygen atoms in total. The van der Waals surface area contributed by atoms with E-state index in [1.165, 1.54) is 18.2 Å². The van der Waals surface area contributed by atoms with Crippen molar-refractivity contribution in [3.63, 3.8) is 0 Å². The van der Waals surface area contributed by atoms with Gasteiger partial charge in [-0.3, -0.25) is 4.79 Å². The largest absolute Gasteiger partial charge is 0.496 e. The van der Waals surface area contributed by atoms with E-state index >= 15 is 0 Å². The van der Waals surface area contributed by atoms with Gasteiger partial charge >= 0.3 is 0 Å². The Labute approximate surface area is 165 Å². The molecule has 0 amide bonds. The van der Waals surface area contributed by atoms with Gasteiger partial charge in [0.15, 0.2) is 5.78 Å². The normalized spacial score (nSPS) is 15.7. The molecule has 2 aromatic rings. The van der Waals surface area contributed by atoms with Crippen LogP contribution in [0.5, 0.6) is 11.5 Å². The summed E-state index contributed by atoms with van der Waals surface area (Å²) >= 11 is 0. The molecule has 1 heterocycles. The molecule has 0 aromatic heterocycles. The molecule has 28 heavy (non-hydrogen) atoms. The van der Waals surface area contributed by atoms with Crippen LogP contribution in [0.15, 0.2) is 42.5 Å². The fourth-order valence-electron chi connectivity index (χ4n) is 3.59. The lowest BCUT2D eigenvalue weighted by Crippen LogP contribution is -2.29. The first-order valence-corrected chi connectivity index (χ1v) is 9.44. The van der Waals surface area contributed by atoms with Gasteiger partial charge in [0.25, 0.3) is 0 Å². The van der Waals surface area contributed by atoms with Crippen LogP contribution in [-0.2, 0) is 0 Å². The van der Waals surface area contributed by atoms with Crippen molar-refractivity contribution in [2.24, 2.45) is 0 Å². The predicted molar refractivity (Wildman–Crippen MR) is 109 cm³/mol. The number of nitrogens with zero attached hydrogens (tertiary/aromatic N) is 1. The molecule has 0 spiro atoms. The summed E-state index contributed by atoms with van der Waals surface area (Å²) in [7, 11) is 5.31. The van der Waals surface area contributed by atoms with Crippen molar-refractivity contribution in [3.05, 3.63) is 65.0 Å². The number of halogens is 1. The van der Waals surface area contributed by atoms with E-state index in [-0.39, 0.29) is 11.6 Å². The average molecular weight is 383 g/mol. The smallest absolute Gasteiger partial charge is 0.189 e. The van der Waals surface area contributed by atoms with E-state index < -0.39 is 0 Å². The molecule has 1 aliphatic heterocycles. The van der Waals surface area contributed by atoms with Gasteiger partial charge in [0.05, 0.1) is 19.8 Å². The SMILES string of the molecule is COc1cc(OC)c(C2CCN(C)CC2)cc1C(=O)/C=C/c1ccc(F)cc1. The predicted octanol–water partition coefficient (Wildman–Crippen LogP) is 4.55. The first-order valence-electron chi connectivity index (χ1n) is 9.44. The Morgan fingerprint density at radius 3 is 2.32 bits per heavy atom. The summed E-state index contributed by atoms with van der Waals surface area (Å²) in [5.74, 6) is 1.14. The molecule has 1 saturated heterocycles. The first-order chi connectivity index (χ1) is 13.5. The van der Waals surface area contributed by atoms with E-state index in [2.05, 4.69) is 11.9 Å². The van der Waals surface area contributed by atoms with Crippen LogP contribution in [0.25, 0.3) is 6.08 Å². The van der Waals surface area contributed by atoms with Gasteiger partial charge in [-0.15, -0.1) is 0 Å². The molecule has 2 aromatic carbocycles. The number of carbonyl (C=O) groups excluding carboxylic acids is 1. The molecule has 0 atom stereocenters. The number of hydrogen-bond donors (Lipinski definition) is 0. The minimum Gasteiger partial charge on any atom is -0.496 e. The van der Waals surface area contributed by atoms with Crippen LogP contribution in [-0.4, -0.2) is 45.0 Å². The minimum absolute atomic E-state index is 0.155. The van der Waals surface area contributed by atoms with Gasteiger partial charge in [-0.25, -0.2) is 4.39 Å². The number of piperidine rings is 1. The Morgan fingerprint density at radius 1 is 1.07 bits per heavy atom. The molecule has 5 heteroatoms. The van der Waals surface area contributed by atoms with Crippen LogP contribution >= 0.6 is 0 Å². The van der Waals surface area contributed by atoms with Gasteiger partial charge in [-0.05, 0) is 74.3 Å². The number of hydrogen-bond acceptors (Lipinski definition) is 4. The highest BCUT2D eigenvalue weighted by Gasteiger charge is 2.24. The highest BCUT2D eigenvalue weighted by Crippen LogP contribution is 2.38. The van der Waals surface area contributed by atoms with Crippen molar-refractivity contribution in [1.82, 2.24) is 4.90 Å². The van der Waals surface area contributed by atoms with Gasteiger partial charge in [-0.2, -0.15) is 0 Å². The highest BCUT2D eigenvalue weighted by atomic mass is 19.1. The van der Waals surface area contributed by atoms with Crippen LogP contribution < -0.4 is 9.47 Å². The average Bonchev–Trinajstić information content (AvgIpc) is 2.72. The fraction of sp³-hybridized carbons (Fsp3) is 0.348. The number of likely N-dealkylation sites (tertiary alicyclic amines) is 1. The Balaban J connectivity index is 1.91. The van der Waals surface area contributed by atoms with E-state index in [4.69, 9.17) is 9.47 Å². The molecule has 0 aliphatic carbocycles. The van der Waals surface area contributed by atoms with Crippen LogP contribution in [0.3, 0.4) is 0 Å². The molecule has 1 fully saturated rings. The van der Waals surface area contributed by atoms with Crippen molar-refractivity contribution in [3.8, 4) is 11.5 Å². The maximum atomic E-state index is 13.0. The third kappa shape index (κ3) is 4.60. The fourth-order valence-corrected chi connectivity index (χ4v) is 3.59. The molecule has 148 valence electrons. The maximum Gasteiger partial charge on any atom is 0.189 e. The second kappa shape index (κ2) is 9.02. The lowest BCUT2D eigenvalue weighted by Gasteiger charge is -2.30. The highest BCUT2D eigenvalue weighted by molar-refractivity contribution is 6.09. The molecular formula is C23H26FNO3. The van der Waals surface area contributed by atoms with Gasteiger partial charge in [-0.1, -0.05) is 18.2 Å². The third-order valence-corrected chi connectivity index (χ3v) is 5.27. The van der Waals surface area contributed by atoms with Crippen LogP contribution in [0, 0.1) is 5.82 Å². The van der Waals surface area contributed by atoms with Gasteiger partial charge in [0.1, 0.15) is 17.3 Å². The Hall–Kier alpha value is -2.66. The number of rotatable bonds is 6. The monoisotopic (exact) mass is 383 g/mol. The van der Waals surface area contributed by atoms with Gasteiger partial charge < -0.3 is 14.4 Å². The minimum atomic E-state index is -0.303. The number of ether oxygens (including phenoxy) is 2. The summed E-state index contributed by atoms with van der Waals surface area (Å²) in [5, 5.41) is 0. The summed E-state index contributed by atoms with van der Waals surface area (Å²) in [4.78, 5) is 15.2. The van der Waals surface area contributed by atoms with Crippen LogP contribution in [0.2, 0.25) is 0 Å². The third-order valence-electron chi connectivity index (χ3n) is 5.27. The summed E-state index contributed by atoms with van der Waals surface area (Å²) in [6.07, 6.45) is 5.23. The van der Waals surface area contributed by atoms with Crippen molar-refractivity contribution >= 4 is 11.9 Å². The van der Waals surface area contributed by atoms with E-state index in [0.717, 1.165) is 42.8 Å². The summed E-state index contributed by atoms with van der Waals surface area (Å²) in [6.45, 7) is 2.04. The molecular weight excluding hydrogens is 357 g/mol. The van der Waals surface area contributed by atoms with E-state index in [0.29, 0.717) is 17.2 Å². The zero-order valence-corrected chi connectivity index (χ0v) is 16.6. The standard InChI is InChI=1S/C23H26FNO3/c1-25-12-10-17(11-13-25)19-14-20(23(28-3)15-22(19)27-2)21(26)9-6-16-4-7-18(24)8-5-16/h4-9,14-15,17H,10-13H2,1-3H3/b9-6+. The van der Waals surface area contributed by atoms with Crippen molar-refractivity contribution in [2.75, 3.05) is 34.4 Å². The number of ketones is 1. The quantitative estimate of drug-likeness (QED) is 0.542. The zero-order chi connectivity index (χ0) is 20.1. The second-order valence-corrected chi connectivity index (χ2v) is 7.12. The van der Waals surface area contributed by atoms with E-state index in [1.54, 1.807) is 38.5 Å². The molecule has 3 rings (SSSR count). The summed E-state index contributed by atoms with van der Waals surface area (Å²) in [5.41, 5.74) is 2.32. The van der Waals surface area contributed by atoms with E-state index in [9.17, 15) is 9.18 Å². The van der Waals surface area contributed by atoms with Crippen molar-refractivity contribution in [2.45, 2.75) is 18.8 Å². The second-order valence-electron chi connectivity index (χ2n) is 7.12. The maximum absolute atomic E-state index is 13.0. The van der Waals surface area contributed by atoms with Crippen LogP contribution in [0.1, 0.15) is 40.2 Å². The Bertz CT molecular complexity index is 853. The molecule has 0 unspecified atom stereocenters. The Kier molecular flexibility index (Phi) is 6.47. The zero-order valence-electron chi connectivity index (χ0n) is 16.6. The number of benzene rings is 2. The van der Waals surface area contributed by atoms with Crippen molar-refractivity contribution < 1.29 is 18.7 Å². The summed E-state index contributed by atoms with van der Waals surface area (Å²) in [6, 6.07) is 9.72. The number of methoxy groups -OCH3 is 2.